The summed E-state index contributed by atoms with van der Waals surface area (Å²) in [5.74, 6) is 1.42. The maximum absolute atomic E-state index is 4.53. The van der Waals surface area contributed by atoms with E-state index < -0.39 is 0 Å². The zero-order valence-corrected chi connectivity index (χ0v) is 12.3. The first-order chi connectivity index (χ1) is 9.69. The topological polar surface area (TPSA) is 82.6 Å². The minimum absolute atomic E-state index is 0.574. The molecule has 0 unspecified atom stereocenters. The summed E-state index contributed by atoms with van der Waals surface area (Å²) in [4.78, 5) is 16.5. The molecule has 7 nitrogen and oxygen atoms in total. The van der Waals surface area contributed by atoms with Gasteiger partial charge in [0, 0.05) is 19.0 Å². The van der Waals surface area contributed by atoms with Gasteiger partial charge >= 0.3 is 0 Å². The minimum atomic E-state index is 0.574. The molecule has 20 heavy (non-hydrogen) atoms. The summed E-state index contributed by atoms with van der Waals surface area (Å²) >= 11 is 1.65. The highest BCUT2D eigenvalue weighted by molar-refractivity contribution is 7.09. The summed E-state index contributed by atoms with van der Waals surface area (Å²) in [6.07, 6.45) is 1.75. The molecule has 0 aliphatic carbocycles. The van der Waals surface area contributed by atoms with Gasteiger partial charge in [0.25, 0.3) is 0 Å². The van der Waals surface area contributed by atoms with Crippen molar-refractivity contribution in [1.82, 2.24) is 25.1 Å². The molecule has 3 aromatic rings. The van der Waals surface area contributed by atoms with E-state index >= 15 is 0 Å². The van der Waals surface area contributed by atoms with Gasteiger partial charge in [-0.1, -0.05) is 0 Å². The highest BCUT2D eigenvalue weighted by Crippen LogP contribution is 2.25. The molecule has 0 amide bonds. The second-order valence-corrected chi connectivity index (χ2v) is 5.41. The van der Waals surface area contributed by atoms with Crippen molar-refractivity contribution in [3.63, 3.8) is 0 Å². The number of anilines is 2. The lowest BCUT2D eigenvalue weighted by Crippen LogP contribution is -2.18. The van der Waals surface area contributed by atoms with Gasteiger partial charge in [0.1, 0.15) is 5.82 Å². The summed E-state index contributed by atoms with van der Waals surface area (Å²) in [5.41, 5.74) is 3.66. The number of hydrogen-bond acceptors (Lipinski definition) is 7. The normalized spacial score (nSPS) is 10.9. The Morgan fingerprint density at radius 1 is 1.40 bits per heavy atom. The van der Waals surface area contributed by atoms with Crippen molar-refractivity contribution in [2.24, 2.45) is 0 Å². The molecule has 0 aliphatic rings. The van der Waals surface area contributed by atoms with Gasteiger partial charge in [-0.25, -0.2) is 4.98 Å². The molecule has 3 rings (SSSR count). The number of fused-ring (bicyclic) bond motifs is 1. The van der Waals surface area contributed by atoms with Crippen LogP contribution >= 0.6 is 11.3 Å². The Hall–Kier alpha value is -2.22. The van der Waals surface area contributed by atoms with E-state index in [0.29, 0.717) is 5.95 Å². The SMILES string of the molecule is CNc1nc(N(C)Cc2scnc2C)c2cn[nH]c2n1. The number of rotatable bonds is 4. The van der Waals surface area contributed by atoms with E-state index in [1.165, 1.54) is 4.88 Å². The fourth-order valence-corrected chi connectivity index (χ4v) is 2.82. The predicted molar refractivity (Wildman–Crippen MR) is 80.2 cm³/mol. The van der Waals surface area contributed by atoms with Crippen LogP contribution in [0, 0.1) is 6.92 Å². The molecule has 104 valence electrons. The van der Waals surface area contributed by atoms with E-state index in [4.69, 9.17) is 0 Å². The van der Waals surface area contributed by atoms with Gasteiger partial charge < -0.3 is 10.2 Å². The first-order valence-electron chi connectivity index (χ1n) is 6.18. The summed E-state index contributed by atoms with van der Waals surface area (Å²) in [5, 5.41) is 10.8. The summed E-state index contributed by atoms with van der Waals surface area (Å²) in [6.45, 7) is 2.78. The van der Waals surface area contributed by atoms with Crippen LogP contribution in [0.15, 0.2) is 11.7 Å². The third-order valence-corrected chi connectivity index (χ3v) is 4.02. The molecular formula is C12H15N7S. The molecule has 3 heterocycles. The van der Waals surface area contributed by atoms with Crippen molar-refractivity contribution in [3.05, 3.63) is 22.3 Å². The van der Waals surface area contributed by atoms with Crippen molar-refractivity contribution in [1.29, 1.82) is 0 Å². The highest BCUT2D eigenvalue weighted by Gasteiger charge is 2.14. The van der Waals surface area contributed by atoms with Crippen LogP contribution in [0.3, 0.4) is 0 Å². The predicted octanol–water partition coefficient (Wildman–Crippen LogP) is 1.80. The number of H-pyrrole nitrogens is 1. The van der Waals surface area contributed by atoms with Gasteiger partial charge in [-0.3, -0.25) is 5.10 Å². The van der Waals surface area contributed by atoms with E-state index in [0.717, 1.165) is 29.1 Å². The van der Waals surface area contributed by atoms with Gasteiger partial charge in [0.15, 0.2) is 5.65 Å². The molecule has 0 radical (unpaired) electrons. The third kappa shape index (κ3) is 2.18. The Morgan fingerprint density at radius 3 is 2.95 bits per heavy atom. The van der Waals surface area contributed by atoms with Crippen LogP contribution in [0.5, 0.6) is 0 Å². The van der Waals surface area contributed by atoms with Gasteiger partial charge in [0.2, 0.25) is 5.95 Å². The Balaban J connectivity index is 2.00. The lowest BCUT2D eigenvalue weighted by Gasteiger charge is -2.18. The van der Waals surface area contributed by atoms with Crippen LogP contribution in [-0.4, -0.2) is 39.2 Å². The Labute approximate surface area is 120 Å². The molecule has 0 saturated carbocycles. The number of aromatic nitrogens is 5. The van der Waals surface area contributed by atoms with Gasteiger partial charge in [0.05, 0.1) is 29.3 Å². The zero-order chi connectivity index (χ0) is 14.1. The standard InChI is InChI=1S/C12H15N7S/c1-7-9(20-6-14-7)5-19(3)11-8-4-15-18-10(8)16-12(13-2)17-11/h4,6H,5H2,1-3H3,(H2,13,15,16,17,18). The van der Waals surface area contributed by atoms with Crippen molar-refractivity contribution >= 4 is 34.1 Å². The second-order valence-electron chi connectivity index (χ2n) is 4.47. The van der Waals surface area contributed by atoms with Gasteiger partial charge in [-0.15, -0.1) is 11.3 Å². The Bertz CT molecular complexity index is 732. The van der Waals surface area contributed by atoms with Crippen LogP contribution in [-0.2, 0) is 6.54 Å². The van der Waals surface area contributed by atoms with E-state index in [-0.39, 0.29) is 0 Å². The van der Waals surface area contributed by atoms with Crippen LogP contribution < -0.4 is 10.2 Å². The average molecular weight is 289 g/mol. The van der Waals surface area contributed by atoms with E-state index in [9.17, 15) is 0 Å². The largest absolute Gasteiger partial charge is 0.357 e. The second kappa shape index (κ2) is 5.04. The zero-order valence-electron chi connectivity index (χ0n) is 11.5. The van der Waals surface area contributed by atoms with E-state index in [1.54, 1.807) is 24.6 Å². The fourth-order valence-electron chi connectivity index (χ4n) is 1.99. The molecule has 8 heteroatoms. The van der Waals surface area contributed by atoms with Crippen LogP contribution in [0.2, 0.25) is 0 Å². The number of aryl methyl sites for hydroxylation is 1. The number of hydrogen-bond donors (Lipinski definition) is 2. The molecule has 0 saturated heterocycles. The molecule has 0 aliphatic heterocycles. The molecule has 2 N–H and O–H groups in total. The maximum atomic E-state index is 4.53. The first-order valence-corrected chi connectivity index (χ1v) is 7.06. The first kappa shape index (κ1) is 12.8. The molecule has 0 fully saturated rings. The molecule has 3 aromatic heterocycles. The number of thiazole rings is 1. The summed E-state index contributed by atoms with van der Waals surface area (Å²) in [7, 11) is 3.81. The van der Waals surface area contributed by atoms with Crippen LogP contribution in [0.25, 0.3) is 11.0 Å². The van der Waals surface area contributed by atoms with Crippen molar-refractivity contribution in [3.8, 4) is 0 Å². The van der Waals surface area contributed by atoms with Crippen molar-refractivity contribution in [2.75, 3.05) is 24.3 Å². The van der Waals surface area contributed by atoms with Crippen LogP contribution in [0.1, 0.15) is 10.6 Å². The van der Waals surface area contributed by atoms with E-state index in [1.807, 2.05) is 19.5 Å². The van der Waals surface area contributed by atoms with Crippen LogP contribution in [0.4, 0.5) is 11.8 Å². The Kier molecular flexibility index (Phi) is 3.23. The monoisotopic (exact) mass is 289 g/mol. The lowest BCUT2D eigenvalue weighted by atomic mass is 10.3. The lowest BCUT2D eigenvalue weighted by molar-refractivity contribution is 0.904. The fraction of sp³-hybridized carbons (Fsp3) is 0.333. The Morgan fingerprint density at radius 2 is 2.25 bits per heavy atom. The van der Waals surface area contributed by atoms with Gasteiger partial charge in [-0.2, -0.15) is 15.1 Å². The van der Waals surface area contributed by atoms with E-state index in [2.05, 4.69) is 35.4 Å². The smallest absolute Gasteiger partial charge is 0.226 e. The highest BCUT2D eigenvalue weighted by atomic mass is 32.1. The summed E-state index contributed by atoms with van der Waals surface area (Å²) in [6, 6.07) is 0. The third-order valence-electron chi connectivity index (χ3n) is 3.10. The van der Waals surface area contributed by atoms with Crippen molar-refractivity contribution in [2.45, 2.75) is 13.5 Å². The molecular weight excluding hydrogens is 274 g/mol. The number of nitrogens with one attached hydrogen (secondary N) is 2. The van der Waals surface area contributed by atoms with Gasteiger partial charge in [-0.05, 0) is 6.92 Å². The number of nitrogens with zero attached hydrogens (tertiary/aromatic N) is 5. The maximum Gasteiger partial charge on any atom is 0.226 e. The molecule has 0 bridgehead atoms. The summed E-state index contributed by atoms with van der Waals surface area (Å²) < 4.78 is 0. The molecule has 0 spiro atoms. The molecule has 0 atom stereocenters. The van der Waals surface area contributed by atoms with Crippen molar-refractivity contribution < 1.29 is 0 Å². The number of aromatic amines is 1. The quantitative estimate of drug-likeness (QED) is 0.762. The molecule has 0 aromatic carbocycles. The minimum Gasteiger partial charge on any atom is -0.357 e. The average Bonchev–Trinajstić information content (AvgIpc) is 3.06.